The Balaban J connectivity index is 1.91. The average molecular weight is 548 g/mol. The number of thiophene rings is 1. The molecule has 0 saturated carbocycles. The predicted octanol–water partition coefficient (Wildman–Crippen LogP) is 4.51. The number of carbonyl (C=O) groups is 1. The smallest absolute Gasteiger partial charge is 0.416 e. The summed E-state index contributed by atoms with van der Waals surface area (Å²) in [5.74, 6) is -2.69. The lowest BCUT2D eigenvalue weighted by molar-refractivity contribution is -0.385. The molecule has 38 heavy (non-hydrogen) atoms. The number of fused-ring (bicyclic) bond motifs is 2. The Bertz CT molecular complexity index is 1920. The van der Waals surface area contributed by atoms with Crippen molar-refractivity contribution in [2.45, 2.75) is 12.7 Å². The van der Waals surface area contributed by atoms with Crippen LogP contribution in [-0.2, 0) is 12.7 Å². The topological polar surface area (TPSA) is 140 Å². The lowest BCUT2D eigenvalue weighted by Gasteiger charge is -2.11. The van der Waals surface area contributed by atoms with Crippen LogP contribution in [0.25, 0.3) is 27.5 Å². The number of aromatic carboxylic acids is 1. The number of carboxylic acids is 1. The number of halogens is 4. The lowest BCUT2D eigenvalue weighted by Crippen LogP contribution is -2.34. The number of nitrogens with one attached hydrogen (secondary N) is 1. The minimum atomic E-state index is -4.86. The molecule has 194 valence electrons. The Kier molecular flexibility index (Phi) is 5.67. The third-order valence-corrected chi connectivity index (χ3v) is 6.64. The second-order valence-corrected chi connectivity index (χ2v) is 8.86. The molecule has 5 aromatic rings. The van der Waals surface area contributed by atoms with Crippen molar-refractivity contribution < 1.29 is 32.4 Å². The standard InChI is InChI=1S/C23H12F4N4O6S/c24-15-3-2-12(31(36)37)5-10(15)7-29-17-4-1-11(23(25,26)27)6-13(17)18(19(29)21(33)34)30-20(32)14-8-38-9-16(14)28-22(30)35/h1-6,8-9H,7H2,(H,28,35)(H,33,34). The molecule has 0 atom stereocenters. The summed E-state index contributed by atoms with van der Waals surface area (Å²) in [6.07, 6.45) is -4.86. The van der Waals surface area contributed by atoms with Gasteiger partial charge >= 0.3 is 17.8 Å². The van der Waals surface area contributed by atoms with E-state index < -0.39 is 68.7 Å². The Morgan fingerprint density at radius 3 is 2.50 bits per heavy atom. The third-order valence-electron chi connectivity index (χ3n) is 5.90. The van der Waals surface area contributed by atoms with Gasteiger partial charge in [0.15, 0.2) is 5.69 Å². The summed E-state index contributed by atoms with van der Waals surface area (Å²) in [6, 6.07) is 4.70. The molecule has 0 radical (unpaired) electrons. The van der Waals surface area contributed by atoms with Crippen molar-refractivity contribution in [3.05, 3.63) is 101 Å². The molecule has 0 aliphatic carbocycles. The van der Waals surface area contributed by atoms with Gasteiger partial charge in [-0.15, -0.1) is 11.3 Å². The van der Waals surface area contributed by atoms with E-state index in [0.717, 1.165) is 40.2 Å². The molecule has 0 saturated heterocycles. The quantitative estimate of drug-likeness (QED) is 0.188. The summed E-state index contributed by atoms with van der Waals surface area (Å²) in [5.41, 5.74) is -5.64. The Morgan fingerprint density at radius 2 is 1.84 bits per heavy atom. The van der Waals surface area contributed by atoms with Crippen molar-refractivity contribution in [1.29, 1.82) is 0 Å². The predicted molar refractivity (Wildman–Crippen MR) is 128 cm³/mol. The SMILES string of the molecule is O=C(O)c1c(-n2c(=O)[nH]c3cscc3c2=O)c2cc(C(F)(F)F)ccc2n1Cc1cc([N+](=O)[O-])ccc1F. The number of aromatic nitrogens is 3. The molecule has 3 heterocycles. The first-order valence-corrected chi connectivity index (χ1v) is 11.4. The van der Waals surface area contributed by atoms with Crippen LogP contribution < -0.4 is 11.2 Å². The van der Waals surface area contributed by atoms with E-state index in [0.29, 0.717) is 16.7 Å². The number of non-ortho nitro benzene ring substituents is 1. The zero-order valence-electron chi connectivity index (χ0n) is 18.6. The number of nitro groups is 1. The van der Waals surface area contributed by atoms with Crippen LogP contribution in [0, 0.1) is 15.9 Å². The van der Waals surface area contributed by atoms with E-state index in [2.05, 4.69) is 4.98 Å². The van der Waals surface area contributed by atoms with Crippen molar-refractivity contribution >= 4 is 44.8 Å². The van der Waals surface area contributed by atoms with Gasteiger partial charge < -0.3 is 14.7 Å². The first kappa shape index (κ1) is 24.9. The number of benzene rings is 2. The van der Waals surface area contributed by atoms with Gasteiger partial charge in [-0.3, -0.25) is 14.9 Å². The first-order valence-electron chi connectivity index (χ1n) is 10.5. The van der Waals surface area contributed by atoms with Gasteiger partial charge in [0.05, 0.1) is 39.1 Å². The minimum absolute atomic E-state index is 0.0106. The summed E-state index contributed by atoms with van der Waals surface area (Å²) in [4.78, 5) is 51.5. The maximum Gasteiger partial charge on any atom is 0.416 e. The number of hydrogen-bond donors (Lipinski definition) is 2. The maximum atomic E-state index is 14.6. The molecule has 0 unspecified atom stereocenters. The molecule has 2 N–H and O–H groups in total. The molecule has 0 aliphatic heterocycles. The number of rotatable bonds is 5. The highest BCUT2D eigenvalue weighted by molar-refractivity contribution is 7.09. The molecule has 15 heteroatoms. The number of alkyl halides is 3. The second-order valence-electron chi connectivity index (χ2n) is 8.12. The zero-order valence-corrected chi connectivity index (χ0v) is 19.4. The Labute approximate surface area is 210 Å². The van der Waals surface area contributed by atoms with Crippen LogP contribution in [0.3, 0.4) is 0 Å². The number of nitrogens with zero attached hydrogens (tertiary/aromatic N) is 3. The number of H-pyrrole nitrogens is 1. The number of hydrogen-bond acceptors (Lipinski definition) is 6. The van der Waals surface area contributed by atoms with Crippen molar-refractivity contribution in [1.82, 2.24) is 14.1 Å². The monoisotopic (exact) mass is 548 g/mol. The summed E-state index contributed by atoms with van der Waals surface area (Å²) >= 11 is 1.06. The summed E-state index contributed by atoms with van der Waals surface area (Å²) < 4.78 is 56.7. The van der Waals surface area contributed by atoms with E-state index in [9.17, 15) is 47.2 Å². The van der Waals surface area contributed by atoms with Gasteiger partial charge in [-0.2, -0.15) is 13.2 Å². The Hall–Kier alpha value is -4.79. The van der Waals surface area contributed by atoms with E-state index in [4.69, 9.17) is 0 Å². The highest BCUT2D eigenvalue weighted by Gasteiger charge is 2.33. The van der Waals surface area contributed by atoms with Crippen molar-refractivity contribution in [2.75, 3.05) is 0 Å². The third kappa shape index (κ3) is 3.92. The van der Waals surface area contributed by atoms with Gasteiger partial charge in [-0.1, -0.05) is 0 Å². The van der Waals surface area contributed by atoms with E-state index >= 15 is 0 Å². The number of carboxylic acid groups (broad SMARTS) is 1. The van der Waals surface area contributed by atoms with Gasteiger partial charge in [-0.25, -0.2) is 18.5 Å². The Morgan fingerprint density at radius 1 is 1.11 bits per heavy atom. The fourth-order valence-corrected chi connectivity index (χ4v) is 4.99. The van der Waals surface area contributed by atoms with E-state index in [1.807, 2.05) is 0 Å². The molecule has 0 spiro atoms. The summed E-state index contributed by atoms with van der Waals surface area (Å²) in [5, 5.41) is 23.7. The van der Waals surface area contributed by atoms with Crippen LogP contribution in [-0.4, -0.2) is 30.1 Å². The van der Waals surface area contributed by atoms with Crippen molar-refractivity contribution in [3.63, 3.8) is 0 Å². The average Bonchev–Trinajstić information content (AvgIpc) is 3.42. The van der Waals surface area contributed by atoms with E-state index in [1.54, 1.807) is 0 Å². The molecule has 0 bridgehead atoms. The van der Waals surface area contributed by atoms with Gasteiger partial charge in [0.25, 0.3) is 11.2 Å². The van der Waals surface area contributed by atoms with Crippen LogP contribution in [0.4, 0.5) is 23.2 Å². The van der Waals surface area contributed by atoms with Crippen LogP contribution in [0.2, 0.25) is 0 Å². The molecule has 0 aliphatic rings. The minimum Gasteiger partial charge on any atom is -0.477 e. The number of nitro benzene ring substituents is 1. The molecule has 3 aromatic heterocycles. The zero-order chi connectivity index (χ0) is 27.5. The molecule has 0 fully saturated rings. The largest absolute Gasteiger partial charge is 0.477 e. The summed E-state index contributed by atoms with van der Waals surface area (Å²) in [6.45, 7) is -0.676. The van der Waals surface area contributed by atoms with Crippen molar-refractivity contribution in [2.24, 2.45) is 0 Å². The van der Waals surface area contributed by atoms with Crippen LogP contribution in [0.15, 0.2) is 56.7 Å². The molecule has 2 aromatic carbocycles. The van der Waals surface area contributed by atoms with Gasteiger partial charge in [0, 0.05) is 33.8 Å². The van der Waals surface area contributed by atoms with Crippen LogP contribution in [0.1, 0.15) is 21.6 Å². The fourth-order valence-electron chi connectivity index (χ4n) is 4.23. The summed E-state index contributed by atoms with van der Waals surface area (Å²) in [7, 11) is 0. The van der Waals surface area contributed by atoms with Gasteiger partial charge in [0.2, 0.25) is 0 Å². The van der Waals surface area contributed by atoms with E-state index in [1.165, 1.54) is 10.8 Å². The molecule has 0 amide bonds. The van der Waals surface area contributed by atoms with Crippen LogP contribution >= 0.6 is 11.3 Å². The van der Waals surface area contributed by atoms with Gasteiger partial charge in [-0.05, 0) is 24.3 Å². The molecule has 10 nitrogen and oxygen atoms in total. The maximum absolute atomic E-state index is 14.6. The van der Waals surface area contributed by atoms with Crippen LogP contribution in [0.5, 0.6) is 0 Å². The lowest BCUT2D eigenvalue weighted by atomic mass is 10.1. The van der Waals surface area contributed by atoms with Gasteiger partial charge in [0.1, 0.15) is 5.82 Å². The highest BCUT2D eigenvalue weighted by Crippen LogP contribution is 2.36. The normalized spacial score (nSPS) is 11.9. The van der Waals surface area contributed by atoms with E-state index in [-0.39, 0.29) is 22.0 Å². The fraction of sp³-hybridized carbons (Fsp3) is 0.0870. The first-order chi connectivity index (χ1) is 17.9. The molecule has 5 rings (SSSR count). The van der Waals surface area contributed by atoms with Crippen molar-refractivity contribution in [3.8, 4) is 5.69 Å². The highest BCUT2D eigenvalue weighted by atomic mass is 32.1. The molecular formula is C23H12F4N4O6S. The second kappa shape index (κ2) is 8.65. The molecular weight excluding hydrogens is 536 g/mol. The number of aromatic amines is 1.